The number of carbonyl (C=O) groups excluding carboxylic acids is 1. The molecule has 1 saturated heterocycles. The topological polar surface area (TPSA) is 41.6 Å². The third kappa shape index (κ3) is 4.08. The van der Waals surface area contributed by atoms with Gasteiger partial charge in [0.2, 0.25) is 0 Å². The van der Waals surface area contributed by atoms with Crippen LogP contribution in [0.15, 0.2) is 0 Å². The highest BCUT2D eigenvalue weighted by Gasteiger charge is 2.22. The first kappa shape index (κ1) is 12.3. The van der Waals surface area contributed by atoms with Gasteiger partial charge in [-0.3, -0.25) is 0 Å². The molecular formula is C11H22N2O2. The van der Waals surface area contributed by atoms with Gasteiger partial charge in [0, 0.05) is 19.1 Å². The minimum Gasteiger partial charge on any atom is -0.449 e. The van der Waals surface area contributed by atoms with Crippen LogP contribution in [0.25, 0.3) is 0 Å². The van der Waals surface area contributed by atoms with Crippen molar-refractivity contribution in [2.75, 3.05) is 26.2 Å². The molecule has 15 heavy (non-hydrogen) atoms. The Morgan fingerprint density at radius 1 is 1.53 bits per heavy atom. The lowest BCUT2D eigenvalue weighted by atomic mass is 10.2. The number of carbonyl (C=O) groups is 1. The first-order valence-electron chi connectivity index (χ1n) is 5.75. The van der Waals surface area contributed by atoms with Gasteiger partial charge in [0.1, 0.15) is 0 Å². The van der Waals surface area contributed by atoms with E-state index in [2.05, 4.69) is 12.2 Å². The number of nitrogens with one attached hydrogen (secondary N) is 1. The van der Waals surface area contributed by atoms with Crippen molar-refractivity contribution in [3.8, 4) is 0 Å². The maximum absolute atomic E-state index is 11.7. The summed E-state index contributed by atoms with van der Waals surface area (Å²) in [6, 6.07) is 0.277. The molecule has 1 aliphatic rings. The number of hydrogen-bond acceptors (Lipinski definition) is 3. The fraction of sp³-hybridized carbons (Fsp3) is 0.909. The van der Waals surface area contributed by atoms with Crippen LogP contribution >= 0.6 is 0 Å². The van der Waals surface area contributed by atoms with E-state index >= 15 is 0 Å². The van der Waals surface area contributed by atoms with Crippen LogP contribution in [-0.2, 0) is 4.74 Å². The zero-order chi connectivity index (χ0) is 11.3. The molecule has 1 amide bonds. The molecule has 1 N–H and O–H groups in total. The summed E-state index contributed by atoms with van der Waals surface area (Å²) in [5, 5.41) is 3.28. The Kier molecular flexibility index (Phi) is 4.88. The summed E-state index contributed by atoms with van der Waals surface area (Å²) in [6.45, 7) is 9.26. The lowest BCUT2D eigenvalue weighted by Gasteiger charge is -2.26. The molecule has 0 aromatic rings. The molecule has 1 rings (SSSR count). The van der Waals surface area contributed by atoms with Gasteiger partial charge in [-0.05, 0) is 25.8 Å². The molecule has 0 aliphatic carbocycles. The van der Waals surface area contributed by atoms with E-state index in [0.717, 1.165) is 26.1 Å². The Morgan fingerprint density at radius 3 is 2.93 bits per heavy atom. The first-order valence-corrected chi connectivity index (χ1v) is 5.75. The summed E-state index contributed by atoms with van der Waals surface area (Å²) in [7, 11) is 0. The second-order valence-electron chi connectivity index (χ2n) is 4.55. The smallest absolute Gasteiger partial charge is 0.410 e. The van der Waals surface area contributed by atoms with Gasteiger partial charge in [0.15, 0.2) is 0 Å². The molecule has 0 spiro atoms. The van der Waals surface area contributed by atoms with E-state index in [4.69, 9.17) is 4.74 Å². The van der Waals surface area contributed by atoms with Gasteiger partial charge in [-0.15, -0.1) is 0 Å². The van der Waals surface area contributed by atoms with Crippen molar-refractivity contribution >= 4 is 6.09 Å². The number of nitrogens with zero attached hydrogens (tertiary/aromatic N) is 1. The van der Waals surface area contributed by atoms with Crippen LogP contribution < -0.4 is 5.32 Å². The average molecular weight is 214 g/mol. The molecule has 0 radical (unpaired) electrons. The van der Waals surface area contributed by atoms with E-state index in [1.54, 1.807) is 0 Å². The molecule has 4 heteroatoms. The van der Waals surface area contributed by atoms with E-state index in [0.29, 0.717) is 12.5 Å². The highest BCUT2D eigenvalue weighted by atomic mass is 16.6. The summed E-state index contributed by atoms with van der Waals surface area (Å²) >= 11 is 0. The largest absolute Gasteiger partial charge is 0.449 e. The average Bonchev–Trinajstić information content (AvgIpc) is 2.39. The SMILES string of the molecule is CC(C)COC(=O)N1CCNCCC1C. The predicted octanol–water partition coefficient (Wildman–Crippen LogP) is 1.46. The molecule has 1 heterocycles. The third-order valence-corrected chi connectivity index (χ3v) is 2.58. The van der Waals surface area contributed by atoms with Gasteiger partial charge in [-0.1, -0.05) is 13.8 Å². The van der Waals surface area contributed by atoms with Gasteiger partial charge >= 0.3 is 6.09 Å². The van der Waals surface area contributed by atoms with Crippen molar-refractivity contribution in [2.45, 2.75) is 33.2 Å². The van der Waals surface area contributed by atoms with Crippen molar-refractivity contribution < 1.29 is 9.53 Å². The molecule has 0 bridgehead atoms. The van der Waals surface area contributed by atoms with Gasteiger partial charge in [0.25, 0.3) is 0 Å². The lowest BCUT2D eigenvalue weighted by molar-refractivity contribution is 0.0820. The standard InChI is InChI=1S/C11H22N2O2/c1-9(2)8-15-11(14)13-7-6-12-5-4-10(13)3/h9-10,12H,4-8H2,1-3H3. The number of rotatable bonds is 2. The van der Waals surface area contributed by atoms with E-state index in [1.807, 2.05) is 18.7 Å². The van der Waals surface area contributed by atoms with Gasteiger partial charge in [-0.25, -0.2) is 4.79 Å². The normalized spacial score (nSPS) is 22.7. The van der Waals surface area contributed by atoms with E-state index < -0.39 is 0 Å². The summed E-state index contributed by atoms with van der Waals surface area (Å²) < 4.78 is 5.23. The summed E-state index contributed by atoms with van der Waals surface area (Å²) in [5.41, 5.74) is 0. The van der Waals surface area contributed by atoms with E-state index in [-0.39, 0.29) is 12.1 Å². The fourth-order valence-corrected chi connectivity index (χ4v) is 1.60. The molecule has 4 nitrogen and oxygen atoms in total. The van der Waals surface area contributed by atoms with E-state index in [9.17, 15) is 4.79 Å². The second kappa shape index (κ2) is 5.95. The fourth-order valence-electron chi connectivity index (χ4n) is 1.60. The van der Waals surface area contributed by atoms with Gasteiger partial charge in [-0.2, -0.15) is 0 Å². The quantitative estimate of drug-likeness (QED) is 0.756. The molecule has 0 aromatic heterocycles. The number of hydrogen-bond donors (Lipinski definition) is 1. The Bertz CT molecular complexity index is 207. The Morgan fingerprint density at radius 2 is 2.27 bits per heavy atom. The number of ether oxygens (including phenoxy) is 1. The Hall–Kier alpha value is -0.770. The highest BCUT2D eigenvalue weighted by molar-refractivity contribution is 5.68. The maximum atomic E-state index is 11.7. The molecule has 0 aromatic carbocycles. The van der Waals surface area contributed by atoms with Gasteiger partial charge in [0.05, 0.1) is 6.61 Å². The summed E-state index contributed by atoms with van der Waals surface area (Å²) in [6.07, 6.45) is 0.830. The van der Waals surface area contributed by atoms with Crippen LogP contribution in [0.4, 0.5) is 4.79 Å². The molecule has 0 saturated carbocycles. The Balaban J connectivity index is 2.41. The monoisotopic (exact) mass is 214 g/mol. The minimum atomic E-state index is -0.167. The first-order chi connectivity index (χ1) is 7.11. The molecular weight excluding hydrogens is 192 g/mol. The van der Waals surface area contributed by atoms with Crippen molar-refractivity contribution in [2.24, 2.45) is 5.92 Å². The highest BCUT2D eigenvalue weighted by Crippen LogP contribution is 2.08. The van der Waals surface area contributed by atoms with Crippen molar-refractivity contribution in [3.05, 3.63) is 0 Å². The zero-order valence-electron chi connectivity index (χ0n) is 9.95. The summed E-state index contributed by atoms with van der Waals surface area (Å²) in [5.74, 6) is 0.398. The van der Waals surface area contributed by atoms with E-state index in [1.165, 1.54) is 0 Å². The van der Waals surface area contributed by atoms with Crippen LogP contribution in [0.1, 0.15) is 27.2 Å². The van der Waals surface area contributed by atoms with Crippen LogP contribution in [0.2, 0.25) is 0 Å². The summed E-state index contributed by atoms with van der Waals surface area (Å²) in [4.78, 5) is 13.6. The second-order valence-corrected chi connectivity index (χ2v) is 4.55. The molecule has 1 fully saturated rings. The van der Waals surface area contributed by atoms with Crippen molar-refractivity contribution in [1.82, 2.24) is 10.2 Å². The third-order valence-electron chi connectivity index (χ3n) is 2.58. The minimum absolute atomic E-state index is 0.167. The van der Waals surface area contributed by atoms with Crippen LogP contribution in [0.5, 0.6) is 0 Å². The van der Waals surface area contributed by atoms with Crippen molar-refractivity contribution in [3.63, 3.8) is 0 Å². The molecule has 88 valence electrons. The maximum Gasteiger partial charge on any atom is 0.410 e. The van der Waals surface area contributed by atoms with Crippen molar-refractivity contribution in [1.29, 1.82) is 0 Å². The predicted molar refractivity (Wildman–Crippen MR) is 59.8 cm³/mol. The lowest BCUT2D eigenvalue weighted by Crippen LogP contribution is -2.40. The van der Waals surface area contributed by atoms with Crippen LogP contribution in [0, 0.1) is 5.92 Å². The Labute approximate surface area is 92.0 Å². The van der Waals surface area contributed by atoms with Gasteiger partial charge < -0.3 is 15.0 Å². The van der Waals surface area contributed by atoms with Crippen LogP contribution in [-0.4, -0.2) is 43.3 Å². The molecule has 1 atom stereocenters. The zero-order valence-corrected chi connectivity index (χ0v) is 9.95. The molecule has 1 aliphatic heterocycles. The van der Waals surface area contributed by atoms with Crippen LogP contribution in [0.3, 0.4) is 0 Å². The number of amides is 1. The molecule has 1 unspecified atom stereocenters.